The molecule has 0 radical (unpaired) electrons. The highest BCUT2D eigenvalue weighted by atomic mass is 32.1. The van der Waals surface area contributed by atoms with Gasteiger partial charge in [-0.1, -0.05) is 32.0 Å². The molecule has 3 aromatic rings. The first-order chi connectivity index (χ1) is 13.8. The van der Waals surface area contributed by atoms with E-state index in [0.29, 0.717) is 11.6 Å². The van der Waals surface area contributed by atoms with Crippen molar-refractivity contribution in [3.05, 3.63) is 69.7 Å². The fourth-order valence-electron chi connectivity index (χ4n) is 3.16. The van der Waals surface area contributed by atoms with Gasteiger partial charge in [0.05, 0.1) is 5.69 Å². The molecule has 3 rings (SSSR count). The zero-order valence-corrected chi connectivity index (χ0v) is 17.9. The van der Waals surface area contributed by atoms with Crippen molar-refractivity contribution in [2.75, 3.05) is 11.9 Å². The van der Waals surface area contributed by atoms with Crippen LogP contribution in [0.25, 0.3) is 0 Å². The molecule has 2 aromatic heterocycles. The summed E-state index contributed by atoms with van der Waals surface area (Å²) in [4.78, 5) is 25.7. The van der Waals surface area contributed by atoms with Crippen molar-refractivity contribution >= 4 is 28.8 Å². The molecule has 0 aliphatic carbocycles. The molecule has 0 saturated carbocycles. The van der Waals surface area contributed by atoms with E-state index < -0.39 is 11.8 Å². The van der Waals surface area contributed by atoms with Crippen LogP contribution >= 0.6 is 11.3 Å². The third-order valence-corrected chi connectivity index (χ3v) is 5.68. The van der Waals surface area contributed by atoms with Crippen LogP contribution in [0.5, 0.6) is 0 Å². The summed E-state index contributed by atoms with van der Waals surface area (Å²) in [6.45, 7) is 8.41. The number of nitrogens with one attached hydrogen (secondary N) is 2. The van der Waals surface area contributed by atoms with Gasteiger partial charge in [-0.15, -0.1) is 11.3 Å². The molecule has 0 aliphatic heterocycles. The summed E-state index contributed by atoms with van der Waals surface area (Å²) in [7, 11) is 0. The second-order valence-electron chi connectivity index (χ2n) is 7.34. The predicted octanol–water partition coefficient (Wildman–Crippen LogP) is 4.03. The smallest absolute Gasteiger partial charge is 0.313 e. The van der Waals surface area contributed by atoms with Gasteiger partial charge in [0.25, 0.3) is 0 Å². The van der Waals surface area contributed by atoms with Gasteiger partial charge in [0, 0.05) is 22.8 Å². The van der Waals surface area contributed by atoms with E-state index in [1.165, 1.54) is 5.56 Å². The van der Waals surface area contributed by atoms with Gasteiger partial charge in [-0.05, 0) is 55.0 Å². The standard InChI is InChI=1S/C22H26N4O2S/c1-14(2)17-7-9-18(10-8-17)24-22(28)21(27)23-13-19(20-6-5-11-29-20)26-16(4)12-15(3)25-26/h5-12,14,19H,13H2,1-4H3,(H,23,27)(H,24,28). The Balaban J connectivity index is 1.65. The quantitative estimate of drug-likeness (QED) is 0.603. The van der Waals surface area contributed by atoms with Crippen LogP contribution in [0.3, 0.4) is 0 Å². The van der Waals surface area contributed by atoms with Gasteiger partial charge in [-0.3, -0.25) is 14.3 Å². The SMILES string of the molecule is Cc1cc(C)n(C(CNC(=O)C(=O)Nc2ccc(C(C)C)cc2)c2cccs2)n1. The van der Waals surface area contributed by atoms with Crippen LogP contribution in [0.2, 0.25) is 0 Å². The fraction of sp³-hybridized carbons (Fsp3) is 0.318. The highest BCUT2D eigenvalue weighted by molar-refractivity contribution is 7.10. The molecular formula is C22H26N4O2S. The topological polar surface area (TPSA) is 76.0 Å². The van der Waals surface area contributed by atoms with Crippen LogP contribution in [0.1, 0.15) is 47.6 Å². The Bertz CT molecular complexity index is 975. The van der Waals surface area contributed by atoms with Crippen molar-refractivity contribution in [1.82, 2.24) is 15.1 Å². The zero-order chi connectivity index (χ0) is 21.0. The lowest BCUT2D eigenvalue weighted by Crippen LogP contribution is -2.39. The van der Waals surface area contributed by atoms with E-state index in [9.17, 15) is 9.59 Å². The van der Waals surface area contributed by atoms with Crippen molar-refractivity contribution in [3.63, 3.8) is 0 Å². The first-order valence-corrected chi connectivity index (χ1v) is 10.5. The van der Waals surface area contributed by atoms with Gasteiger partial charge >= 0.3 is 11.8 Å². The lowest BCUT2D eigenvalue weighted by Gasteiger charge is -2.18. The van der Waals surface area contributed by atoms with Crippen molar-refractivity contribution in [1.29, 1.82) is 0 Å². The van der Waals surface area contributed by atoms with E-state index in [1.807, 2.05) is 66.4 Å². The number of hydrogen-bond donors (Lipinski definition) is 2. The summed E-state index contributed by atoms with van der Waals surface area (Å²) in [6, 6.07) is 13.3. The van der Waals surface area contributed by atoms with Crippen LogP contribution in [0, 0.1) is 13.8 Å². The minimum absolute atomic E-state index is 0.161. The van der Waals surface area contributed by atoms with Gasteiger partial charge in [-0.2, -0.15) is 5.10 Å². The van der Waals surface area contributed by atoms with Crippen molar-refractivity contribution < 1.29 is 9.59 Å². The van der Waals surface area contributed by atoms with E-state index in [1.54, 1.807) is 11.3 Å². The summed E-state index contributed by atoms with van der Waals surface area (Å²) in [5.74, 6) is -0.937. The predicted molar refractivity (Wildman–Crippen MR) is 116 cm³/mol. The van der Waals surface area contributed by atoms with E-state index >= 15 is 0 Å². The Labute approximate surface area is 175 Å². The van der Waals surface area contributed by atoms with E-state index in [-0.39, 0.29) is 12.6 Å². The van der Waals surface area contributed by atoms with Gasteiger partial charge in [0.15, 0.2) is 0 Å². The first kappa shape index (κ1) is 20.8. The fourth-order valence-corrected chi connectivity index (χ4v) is 3.97. The Kier molecular flexibility index (Phi) is 6.49. The molecule has 0 saturated heterocycles. The maximum atomic E-state index is 12.4. The number of aromatic nitrogens is 2. The Morgan fingerprint density at radius 3 is 2.38 bits per heavy atom. The largest absolute Gasteiger partial charge is 0.345 e. The van der Waals surface area contributed by atoms with Crippen molar-refractivity contribution in [2.45, 2.75) is 39.7 Å². The van der Waals surface area contributed by atoms with Crippen LogP contribution in [0.4, 0.5) is 5.69 Å². The number of hydrogen-bond acceptors (Lipinski definition) is 4. The minimum atomic E-state index is -0.680. The first-order valence-electron chi connectivity index (χ1n) is 9.60. The third-order valence-electron chi connectivity index (χ3n) is 4.71. The van der Waals surface area contributed by atoms with Crippen LogP contribution in [0.15, 0.2) is 47.8 Å². The Morgan fingerprint density at radius 2 is 1.83 bits per heavy atom. The molecule has 0 aliphatic rings. The molecule has 0 fully saturated rings. The molecule has 2 heterocycles. The molecule has 29 heavy (non-hydrogen) atoms. The average Bonchev–Trinajstić information content (AvgIpc) is 3.32. The number of rotatable bonds is 6. The second-order valence-corrected chi connectivity index (χ2v) is 8.32. The lowest BCUT2D eigenvalue weighted by atomic mass is 10.0. The van der Waals surface area contributed by atoms with Crippen molar-refractivity contribution in [2.24, 2.45) is 0 Å². The molecular weight excluding hydrogens is 384 g/mol. The molecule has 0 bridgehead atoms. The van der Waals surface area contributed by atoms with Gasteiger partial charge in [-0.25, -0.2) is 0 Å². The van der Waals surface area contributed by atoms with Gasteiger partial charge < -0.3 is 10.6 Å². The highest BCUT2D eigenvalue weighted by Crippen LogP contribution is 2.24. The second kappa shape index (κ2) is 9.05. The molecule has 152 valence electrons. The molecule has 0 spiro atoms. The number of anilines is 1. The van der Waals surface area contributed by atoms with Crippen LogP contribution in [-0.4, -0.2) is 28.1 Å². The summed E-state index contributed by atoms with van der Waals surface area (Å²) in [6.07, 6.45) is 0. The number of nitrogens with zero attached hydrogens (tertiary/aromatic N) is 2. The van der Waals surface area contributed by atoms with E-state index in [0.717, 1.165) is 16.3 Å². The number of aryl methyl sites for hydroxylation is 2. The average molecular weight is 411 g/mol. The van der Waals surface area contributed by atoms with E-state index in [4.69, 9.17) is 0 Å². The molecule has 6 nitrogen and oxygen atoms in total. The van der Waals surface area contributed by atoms with Crippen LogP contribution in [-0.2, 0) is 9.59 Å². The maximum absolute atomic E-state index is 12.4. The van der Waals surface area contributed by atoms with Gasteiger partial charge in [0.1, 0.15) is 6.04 Å². The Hall–Kier alpha value is -2.93. The number of carbonyl (C=O) groups excluding carboxylic acids is 2. The van der Waals surface area contributed by atoms with Gasteiger partial charge in [0.2, 0.25) is 0 Å². The molecule has 1 atom stereocenters. The number of amides is 2. The molecule has 1 unspecified atom stereocenters. The number of carbonyl (C=O) groups is 2. The molecule has 7 heteroatoms. The summed E-state index contributed by atoms with van der Waals surface area (Å²) >= 11 is 1.60. The van der Waals surface area contributed by atoms with Crippen LogP contribution < -0.4 is 10.6 Å². The Morgan fingerprint density at radius 1 is 1.10 bits per heavy atom. The minimum Gasteiger partial charge on any atom is -0.345 e. The highest BCUT2D eigenvalue weighted by Gasteiger charge is 2.21. The molecule has 1 aromatic carbocycles. The monoisotopic (exact) mass is 410 g/mol. The summed E-state index contributed by atoms with van der Waals surface area (Å²) in [5.41, 5.74) is 3.70. The molecule has 2 amide bonds. The number of benzene rings is 1. The molecule has 2 N–H and O–H groups in total. The maximum Gasteiger partial charge on any atom is 0.313 e. The van der Waals surface area contributed by atoms with Crippen molar-refractivity contribution in [3.8, 4) is 0 Å². The van der Waals surface area contributed by atoms with E-state index in [2.05, 4.69) is 29.6 Å². The third kappa shape index (κ3) is 5.12. The summed E-state index contributed by atoms with van der Waals surface area (Å²) < 4.78 is 1.89. The zero-order valence-electron chi connectivity index (χ0n) is 17.1. The summed E-state index contributed by atoms with van der Waals surface area (Å²) in [5, 5.41) is 11.9. The lowest BCUT2D eigenvalue weighted by molar-refractivity contribution is -0.136. The normalized spacial score (nSPS) is 12.0. The number of thiophene rings is 1.